The minimum absolute atomic E-state index is 0.0466. The normalized spacial score (nSPS) is 10.5. The molecular weight excluding hydrogens is 472 g/mol. The second kappa shape index (κ2) is 14.5. The van der Waals surface area contributed by atoms with Gasteiger partial charge in [0.15, 0.2) is 28.8 Å². The summed E-state index contributed by atoms with van der Waals surface area (Å²) in [5.74, 6) is 0.644. The SMILES string of the molecule is C=C(/C=C/c1ccc(O)c(OC)c1)CC(=O)/C=C/c1ccc(O)c(OC)c1.CNC(=O)c1cccnc1. The summed E-state index contributed by atoms with van der Waals surface area (Å²) in [7, 11) is 4.54. The largest absolute Gasteiger partial charge is 0.504 e. The van der Waals surface area contributed by atoms with Crippen LogP contribution in [0.25, 0.3) is 12.2 Å². The van der Waals surface area contributed by atoms with E-state index in [2.05, 4.69) is 16.9 Å². The number of amides is 1. The number of pyridine rings is 1. The van der Waals surface area contributed by atoms with Crippen LogP contribution >= 0.6 is 0 Å². The third-order valence-electron chi connectivity index (χ3n) is 4.93. The summed E-state index contributed by atoms with van der Waals surface area (Å²) in [5.41, 5.74) is 2.81. The van der Waals surface area contributed by atoms with Gasteiger partial charge in [0, 0.05) is 25.9 Å². The van der Waals surface area contributed by atoms with E-state index < -0.39 is 0 Å². The number of phenolic OH excluding ortho intramolecular Hbond substituents is 2. The second-order valence-electron chi connectivity index (χ2n) is 7.65. The lowest BCUT2D eigenvalue weighted by molar-refractivity contribution is -0.113. The van der Waals surface area contributed by atoms with Gasteiger partial charge in [0.1, 0.15) is 0 Å². The number of aromatic hydroxyl groups is 2. The standard InChI is InChI=1S/C22H22O5.C7H8N2O/c1-15(4-5-16-7-10-19(24)21(13-16)26-2)12-18(23)9-6-17-8-11-20(25)22(14-17)27-3;1-8-7(10)6-3-2-4-9-5-6/h4-11,13-14,24-25H,1,12H2,2-3H3;2-5H,1H3,(H,8,10)/b5-4+,9-6+;. The van der Waals surface area contributed by atoms with Gasteiger partial charge in [0.05, 0.1) is 19.8 Å². The Labute approximate surface area is 216 Å². The molecule has 3 rings (SSSR count). The number of ether oxygens (including phenoxy) is 2. The molecule has 0 aliphatic rings. The lowest BCUT2D eigenvalue weighted by atomic mass is 10.1. The van der Waals surface area contributed by atoms with Gasteiger partial charge in [0.25, 0.3) is 5.91 Å². The molecule has 0 unspecified atom stereocenters. The quantitative estimate of drug-likeness (QED) is 0.284. The summed E-state index contributed by atoms with van der Waals surface area (Å²) in [6, 6.07) is 13.3. The van der Waals surface area contributed by atoms with Gasteiger partial charge in [0.2, 0.25) is 0 Å². The van der Waals surface area contributed by atoms with E-state index in [0.29, 0.717) is 22.6 Å². The maximum atomic E-state index is 12.1. The molecule has 1 amide bonds. The number of hydrogen-bond acceptors (Lipinski definition) is 7. The van der Waals surface area contributed by atoms with Crippen LogP contribution in [0.3, 0.4) is 0 Å². The number of nitrogens with one attached hydrogen (secondary N) is 1. The van der Waals surface area contributed by atoms with E-state index in [1.54, 1.807) is 73.9 Å². The molecule has 0 aliphatic heterocycles. The third-order valence-corrected chi connectivity index (χ3v) is 4.93. The first kappa shape index (κ1) is 28.4. The number of nitrogens with zero attached hydrogens (tertiary/aromatic N) is 1. The van der Waals surface area contributed by atoms with Crippen molar-refractivity contribution in [3.63, 3.8) is 0 Å². The zero-order valence-electron chi connectivity index (χ0n) is 21.0. The highest BCUT2D eigenvalue weighted by Crippen LogP contribution is 2.28. The average molecular weight is 503 g/mol. The van der Waals surface area contributed by atoms with Crippen molar-refractivity contribution in [1.82, 2.24) is 10.3 Å². The van der Waals surface area contributed by atoms with Gasteiger partial charge in [-0.2, -0.15) is 0 Å². The summed E-state index contributed by atoms with van der Waals surface area (Å²) >= 11 is 0. The Balaban J connectivity index is 0.000000402. The van der Waals surface area contributed by atoms with E-state index in [0.717, 1.165) is 11.1 Å². The van der Waals surface area contributed by atoms with E-state index in [1.807, 2.05) is 0 Å². The number of allylic oxidation sites excluding steroid dienone is 3. The Morgan fingerprint density at radius 2 is 1.51 bits per heavy atom. The van der Waals surface area contributed by atoms with Crippen molar-refractivity contribution in [2.75, 3.05) is 21.3 Å². The summed E-state index contributed by atoms with van der Waals surface area (Å²) < 4.78 is 10.1. The lowest BCUT2D eigenvalue weighted by Gasteiger charge is -2.04. The molecule has 37 heavy (non-hydrogen) atoms. The highest BCUT2D eigenvalue weighted by Gasteiger charge is 2.04. The molecule has 1 heterocycles. The summed E-state index contributed by atoms with van der Waals surface area (Å²) in [4.78, 5) is 26.7. The van der Waals surface area contributed by atoms with Crippen molar-refractivity contribution in [2.45, 2.75) is 6.42 Å². The Morgan fingerprint density at radius 1 is 0.946 bits per heavy atom. The zero-order chi connectivity index (χ0) is 27.2. The van der Waals surface area contributed by atoms with Crippen molar-refractivity contribution in [2.24, 2.45) is 0 Å². The Hall–Kier alpha value is -4.85. The summed E-state index contributed by atoms with van der Waals surface area (Å²) in [6.07, 6.45) is 10.0. The lowest BCUT2D eigenvalue weighted by Crippen LogP contribution is -2.17. The molecule has 3 N–H and O–H groups in total. The van der Waals surface area contributed by atoms with Crippen molar-refractivity contribution in [3.8, 4) is 23.0 Å². The van der Waals surface area contributed by atoms with Crippen LogP contribution in [0, 0.1) is 0 Å². The molecule has 1 aromatic heterocycles. The molecule has 0 bridgehead atoms. The fourth-order valence-corrected chi connectivity index (χ4v) is 2.98. The van der Waals surface area contributed by atoms with Crippen LogP contribution in [0.5, 0.6) is 23.0 Å². The van der Waals surface area contributed by atoms with E-state index in [-0.39, 0.29) is 29.6 Å². The number of rotatable bonds is 9. The van der Waals surface area contributed by atoms with Crippen LogP contribution in [-0.2, 0) is 4.79 Å². The van der Waals surface area contributed by atoms with Gasteiger partial charge in [-0.25, -0.2) is 0 Å². The Morgan fingerprint density at radius 3 is 2.00 bits per heavy atom. The number of carbonyl (C=O) groups excluding carboxylic acids is 2. The second-order valence-corrected chi connectivity index (χ2v) is 7.65. The van der Waals surface area contributed by atoms with E-state index in [9.17, 15) is 19.8 Å². The number of methoxy groups -OCH3 is 2. The monoisotopic (exact) mass is 502 g/mol. The molecule has 0 spiro atoms. The molecule has 2 aromatic carbocycles. The van der Waals surface area contributed by atoms with Crippen LogP contribution < -0.4 is 14.8 Å². The molecule has 8 nitrogen and oxygen atoms in total. The number of ketones is 1. The highest BCUT2D eigenvalue weighted by atomic mass is 16.5. The minimum atomic E-state index is -0.104. The number of phenols is 2. The van der Waals surface area contributed by atoms with Crippen LogP contribution in [-0.4, -0.2) is 48.2 Å². The molecule has 0 radical (unpaired) electrons. The van der Waals surface area contributed by atoms with Crippen LogP contribution in [0.4, 0.5) is 0 Å². The first-order chi connectivity index (χ1) is 17.8. The predicted molar refractivity (Wildman–Crippen MR) is 144 cm³/mol. The number of aromatic nitrogens is 1. The van der Waals surface area contributed by atoms with Crippen molar-refractivity contribution < 1.29 is 29.3 Å². The molecule has 0 aliphatic carbocycles. The number of hydrogen-bond donors (Lipinski definition) is 3. The maximum absolute atomic E-state index is 12.1. The van der Waals surface area contributed by atoms with Crippen molar-refractivity contribution in [3.05, 3.63) is 102 Å². The van der Waals surface area contributed by atoms with Gasteiger partial charge in [-0.15, -0.1) is 0 Å². The van der Waals surface area contributed by atoms with E-state index in [4.69, 9.17) is 9.47 Å². The molecular formula is C29H30N2O6. The van der Waals surface area contributed by atoms with Gasteiger partial charge >= 0.3 is 0 Å². The molecule has 192 valence electrons. The van der Waals surface area contributed by atoms with Crippen LogP contribution in [0.15, 0.2) is 85.2 Å². The smallest absolute Gasteiger partial charge is 0.252 e. The molecule has 0 fully saturated rings. The van der Waals surface area contributed by atoms with Gasteiger partial charge in [-0.05, 0) is 59.2 Å². The zero-order valence-corrected chi connectivity index (χ0v) is 21.0. The summed E-state index contributed by atoms with van der Waals surface area (Å²) in [5, 5.41) is 21.7. The summed E-state index contributed by atoms with van der Waals surface area (Å²) in [6.45, 7) is 3.89. The first-order valence-electron chi connectivity index (χ1n) is 11.2. The van der Waals surface area contributed by atoms with Crippen molar-refractivity contribution in [1.29, 1.82) is 0 Å². The molecule has 0 saturated carbocycles. The fourth-order valence-electron chi connectivity index (χ4n) is 2.98. The van der Waals surface area contributed by atoms with Gasteiger partial charge in [-0.3, -0.25) is 14.6 Å². The van der Waals surface area contributed by atoms with Gasteiger partial charge < -0.3 is 25.0 Å². The van der Waals surface area contributed by atoms with Crippen molar-refractivity contribution >= 4 is 23.8 Å². The number of carbonyl (C=O) groups is 2. The average Bonchev–Trinajstić information content (AvgIpc) is 2.92. The first-order valence-corrected chi connectivity index (χ1v) is 11.2. The molecule has 3 aromatic rings. The predicted octanol–water partition coefficient (Wildman–Crippen LogP) is 4.80. The Kier molecular flexibility index (Phi) is 11.1. The maximum Gasteiger partial charge on any atom is 0.252 e. The minimum Gasteiger partial charge on any atom is -0.504 e. The van der Waals surface area contributed by atoms with E-state index >= 15 is 0 Å². The van der Waals surface area contributed by atoms with Crippen LogP contribution in [0.1, 0.15) is 27.9 Å². The number of benzene rings is 2. The fraction of sp³-hybridized carbons (Fsp3) is 0.138. The van der Waals surface area contributed by atoms with Crippen LogP contribution in [0.2, 0.25) is 0 Å². The van der Waals surface area contributed by atoms with E-state index in [1.165, 1.54) is 32.6 Å². The van der Waals surface area contributed by atoms with Gasteiger partial charge in [-0.1, -0.05) is 36.9 Å². The third kappa shape index (κ3) is 9.37. The molecule has 0 saturated heterocycles. The molecule has 0 atom stereocenters. The topological polar surface area (TPSA) is 118 Å². The highest BCUT2D eigenvalue weighted by molar-refractivity contribution is 5.95. The molecule has 8 heteroatoms. The Bertz CT molecular complexity index is 1210.